The van der Waals surface area contributed by atoms with Crippen LogP contribution in [-0.2, 0) is 0 Å². The topological polar surface area (TPSA) is 20.1 Å². The largest absolute Gasteiger partial charge is 0.292 e. The van der Waals surface area contributed by atoms with Crippen molar-refractivity contribution in [2.45, 2.75) is 50.2 Å². The van der Waals surface area contributed by atoms with Gasteiger partial charge in [0, 0.05) is 11.6 Å². The third-order valence-corrected chi connectivity index (χ3v) is 6.53. The van der Waals surface area contributed by atoms with E-state index in [-0.39, 0.29) is 17.9 Å². The third kappa shape index (κ3) is 3.65. The van der Waals surface area contributed by atoms with Crippen molar-refractivity contribution in [1.29, 1.82) is 0 Å². The molecule has 1 aliphatic heterocycles. The number of ketones is 1. The van der Waals surface area contributed by atoms with Crippen molar-refractivity contribution in [2.75, 3.05) is 0 Å². The molecular formula is C27H27NO. The van der Waals surface area contributed by atoms with Gasteiger partial charge < -0.3 is 0 Å². The second kappa shape index (κ2) is 7.96. The van der Waals surface area contributed by atoms with Crippen molar-refractivity contribution in [2.24, 2.45) is 0 Å². The first-order valence-electron chi connectivity index (χ1n) is 10.8. The zero-order valence-corrected chi connectivity index (χ0v) is 16.7. The van der Waals surface area contributed by atoms with Crippen LogP contribution in [0.25, 0.3) is 11.1 Å². The Hall–Kier alpha value is -2.71. The minimum atomic E-state index is -0.0110. The molecule has 1 saturated carbocycles. The Kier molecular flexibility index (Phi) is 5.03. The van der Waals surface area contributed by atoms with E-state index < -0.39 is 0 Å². The lowest BCUT2D eigenvalue weighted by Gasteiger charge is -2.24. The van der Waals surface area contributed by atoms with E-state index in [4.69, 9.17) is 0 Å². The molecule has 146 valence electrons. The molecule has 1 aliphatic carbocycles. The fourth-order valence-corrected chi connectivity index (χ4v) is 4.99. The molecule has 3 aromatic rings. The maximum absolute atomic E-state index is 13.4. The molecule has 3 atom stereocenters. The van der Waals surface area contributed by atoms with Crippen molar-refractivity contribution in [3.63, 3.8) is 0 Å². The van der Waals surface area contributed by atoms with Crippen LogP contribution in [0.5, 0.6) is 0 Å². The van der Waals surface area contributed by atoms with Gasteiger partial charge in [0.05, 0.1) is 12.1 Å². The van der Waals surface area contributed by atoms with Gasteiger partial charge in [-0.25, -0.2) is 0 Å². The van der Waals surface area contributed by atoms with E-state index in [0.717, 1.165) is 11.1 Å². The summed E-state index contributed by atoms with van der Waals surface area (Å²) in [6.45, 7) is 0. The molecule has 1 saturated heterocycles. The number of hydrogen-bond acceptors (Lipinski definition) is 2. The molecule has 0 spiro atoms. The van der Waals surface area contributed by atoms with Crippen LogP contribution in [0.3, 0.4) is 0 Å². The van der Waals surface area contributed by atoms with Gasteiger partial charge in [-0.15, -0.1) is 0 Å². The highest BCUT2D eigenvalue weighted by molar-refractivity contribution is 6.03. The van der Waals surface area contributed by atoms with Gasteiger partial charge in [-0.1, -0.05) is 104 Å². The Morgan fingerprint density at radius 3 is 1.93 bits per heavy atom. The molecule has 2 heteroatoms. The molecule has 5 rings (SSSR count). The zero-order valence-electron chi connectivity index (χ0n) is 16.7. The van der Waals surface area contributed by atoms with Gasteiger partial charge in [-0.2, -0.15) is 0 Å². The highest BCUT2D eigenvalue weighted by Gasteiger charge is 2.55. The molecule has 0 radical (unpaired) electrons. The summed E-state index contributed by atoms with van der Waals surface area (Å²) in [6.07, 6.45) is 6.35. The van der Waals surface area contributed by atoms with Crippen LogP contribution >= 0.6 is 0 Å². The van der Waals surface area contributed by atoms with Crippen molar-refractivity contribution in [3.8, 4) is 11.1 Å². The maximum atomic E-state index is 13.4. The van der Waals surface area contributed by atoms with Gasteiger partial charge in [0.25, 0.3) is 0 Å². The average molecular weight is 382 g/mol. The van der Waals surface area contributed by atoms with E-state index in [2.05, 4.69) is 59.5 Å². The molecule has 0 amide bonds. The van der Waals surface area contributed by atoms with Crippen LogP contribution in [0.4, 0.5) is 0 Å². The molecule has 1 heterocycles. The number of Topliss-reactive ketones (excluding diaryl/α,β-unsaturated/α-hetero) is 1. The van der Waals surface area contributed by atoms with Crippen molar-refractivity contribution < 1.29 is 4.79 Å². The summed E-state index contributed by atoms with van der Waals surface area (Å²) >= 11 is 0. The third-order valence-electron chi connectivity index (χ3n) is 6.53. The van der Waals surface area contributed by atoms with Gasteiger partial charge in [0.15, 0.2) is 5.78 Å². The van der Waals surface area contributed by atoms with E-state index >= 15 is 0 Å². The lowest BCUT2D eigenvalue weighted by atomic mass is 9.95. The molecular weight excluding hydrogens is 354 g/mol. The number of hydrogen-bond donors (Lipinski definition) is 0. The first-order valence-corrected chi connectivity index (χ1v) is 10.8. The molecule has 0 N–H and O–H groups in total. The van der Waals surface area contributed by atoms with Crippen molar-refractivity contribution >= 4 is 5.78 Å². The number of carbonyl (C=O) groups is 1. The van der Waals surface area contributed by atoms with E-state index in [0.29, 0.717) is 6.04 Å². The SMILES string of the molecule is O=C(c1ccc(-c2ccccc2)cc1)C1C(c2ccccc2)N1C1CCCCC1. The van der Waals surface area contributed by atoms with E-state index in [1.807, 2.05) is 30.3 Å². The predicted molar refractivity (Wildman–Crippen MR) is 118 cm³/mol. The van der Waals surface area contributed by atoms with Crippen molar-refractivity contribution in [1.82, 2.24) is 4.90 Å². The van der Waals surface area contributed by atoms with Crippen LogP contribution in [0.1, 0.15) is 54.1 Å². The number of rotatable bonds is 5. The summed E-state index contributed by atoms with van der Waals surface area (Å²) in [7, 11) is 0. The first kappa shape index (κ1) is 18.3. The minimum Gasteiger partial charge on any atom is -0.292 e. The first-order chi connectivity index (χ1) is 14.3. The smallest absolute Gasteiger partial charge is 0.181 e. The number of carbonyl (C=O) groups excluding carboxylic acids is 1. The van der Waals surface area contributed by atoms with Crippen LogP contribution in [-0.4, -0.2) is 22.8 Å². The number of nitrogens with zero attached hydrogens (tertiary/aromatic N) is 1. The van der Waals surface area contributed by atoms with Crippen LogP contribution in [0, 0.1) is 0 Å². The predicted octanol–water partition coefficient (Wildman–Crippen LogP) is 6.29. The molecule has 3 aromatic carbocycles. The molecule has 2 aliphatic rings. The normalized spacial score (nSPS) is 24.2. The molecule has 3 unspecified atom stereocenters. The fourth-order valence-electron chi connectivity index (χ4n) is 4.99. The Morgan fingerprint density at radius 2 is 1.28 bits per heavy atom. The Bertz CT molecular complexity index is 958. The van der Waals surface area contributed by atoms with E-state index in [1.54, 1.807) is 0 Å². The highest BCUT2D eigenvalue weighted by atomic mass is 16.1. The Labute approximate surface area is 173 Å². The summed E-state index contributed by atoms with van der Waals surface area (Å²) in [6, 6.07) is 29.8. The highest BCUT2D eigenvalue weighted by Crippen LogP contribution is 2.49. The van der Waals surface area contributed by atoms with Crippen molar-refractivity contribution in [3.05, 3.63) is 96.1 Å². The van der Waals surface area contributed by atoms with Crippen LogP contribution in [0.2, 0.25) is 0 Å². The van der Waals surface area contributed by atoms with E-state index in [1.165, 1.54) is 43.2 Å². The van der Waals surface area contributed by atoms with Crippen LogP contribution in [0.15, 0.2) is 84.9 Å². The molecule has 0 bridgehead atoms. The van der Waals surface area contributed by atoms with Gasteiger partial charge >= 0.3 is 0 Å². The second-order valence-corrected chi connectivity index (χ2v) is 8.35. The minimum absolute atomic E-state index is 0.0110. The average Bonchev–Trinajstić information content (AvgIpc) is 3.56. The zero-order chi connectivity index (χ0) is 19.6. The second-order valence-electron chi connectivity index (χ2n) is 8.35. The summed E-state index contributed by atoms with van der Waals surface area (Å²) in [4.78, 5) is 15.9. The van der Waals surface area contributed by atoms with Crippen LogP contribution < -0.4 is 0 Å². The summed E-state index contributed by atoms with van der Waals surface area (Å²) in [5.74, 6) is 0.268. The monoisotopic (exact) mass is 381 g/mol. The fraction of sp³-hybridized carbons (Fsp3) is 0.296. The summed E-state index contributed by atoms with van der Waals surface area (Å²) < 4.78 is 0. The lowest BCUT2D eigenvalue weighted by Crippen LogP contribution is -2.26. The molecule has 2 fully saturated rings. The molecule has 29 heavy (non-hydrogen) atoms. The quantitative estimate of drug-likeness (QED) is 0.382. The van der Waals surface area contributed by atoms with E-state index in [9.17, 15) is 4.79 Å². The standard InChI is InChI=1S/C27H27NO/c29-27(23-18-16-21(17-19-23)20-10-4-1-5-11-20)26-25(22-12-6-2-7-13-22)28(26)24-14-8-3-9-15-24/h1-2,4-7,10-13,16-19,24-26H,3,8-9,14-15H2. The lowest BCUT2D eigenvalue weighted by molar-refractivity contribution is 0.0963. The number of benzene rings is 3. The van der Waals surface area contributed by atoms with Gasteiger partial charge in [0.2, 0.25) is 0 Å². The van der Waals surface area contributed by atoms with Gasteiger partial charge in [-0.05, 0) is 29.5 Å². The Balaban J connectivity index is 1.39. The molecule has 2 nitrogen and oxygen atoms in total. The van der Waals surface area contributed by atoms with Gasteiger partial charge in [0.1, 0.15) is 0 Å². The van der Waals surface area contributed by atoms with Gasteiger partial charge in [-0.3, -0.25) is 9.69 Å². The summed E-state index contributed by atoms with van der Waals surface area (Å²) in [5.41, 5.74) is 4.44. The summed E-state index contributed by atoms with van der Waals surface area (Å²) in [5, 5.41) is 0. The Morgan fingerprint density at radius 1 is 0.690 bits per heavy atom. The maximum Gasteiger partial charge on any atom is 0.181 e. The molecule has 0 aromatic heterocycles.